The molecular formula is C22H35F2NO4. The molecular weight excluding hydrogens is 380 g/mol. The number of methoxy groups -OCH3 is 1. The second-order valence-electron chi connectivity index (χ2n) is 9.21. The van der Waals surface area contributed by atoms with Crippen LogP contribution >= 0.6 is 0 Å². The van der Waals surface area contributed by atoms with E-state index in [1.54, 1.807) is 40.9 Å². The highest BCUT2D eigenvalue weighted by molar-refractivity contribution is 5.75. The molecule has 7 heteroatoms. The number of carbonyl (C=O) groups is 2. The summed E-state index contributed by atoms with van der Waals surface area (Å²) in [6, 6.07) is 5.71. The van der Waals surface area contributed by atoms with Gasteiger partial charge < -0.3 is 14.8 Å². The van der Waals surface area contributed by atoms with Crippen LogP contribution in [-0.2, 0) is 30.5 Å². The Bertz CT molecular complexity index is 673. The van der Waals surface area contributed by atoms with Crippen molar-refractivity contribution in [2.24, 2.45) is 5.41 Å². The zero-order chi connectivity index (χ0) is 23.1. The van der Waals surface area contributed by atoms with Gasteiger partial charge in [0.15, 0.2) is 0 Å². The number of hydrogen-bond donors (Lipinski definition) is 1. The van der Waals surface area contributed by atoms with E-state index in [0.717, 1.165) is 6.92 Å². The Balaban J connectivity index is 0.00000113. The first-order chi connectivity index (χ1) is 13.0. The predicted molar refractivity (Wildman–Crippen MR) is 110 cm³/mol. The maximum absolute atomic E-state index is 13.5. The van der Waals surface area contributed by atoms with Gasteiger partial charge >= 0.3 is 5.97 Å². The van der Waals surface area contributed by atoms with Gasteiger partial charge in [0.05, 0.1) is 16.6 Å². The fraction of sp³-hybridized carbons (Fsp3) is 0.636. The fourth-order valence-electron chi connectivity index (χ4n) is 1.90. The third-order valence-corrected chi connectivity index (χ3v) is 4.10. The Morgan fingerprint density at radius 2 is 1.52 bits per heavy atom. The molecule has 1 atom stereocenters. The summed E-state index contributed by atoms with van der Waals surface area (Å²) in [6.45, 7) is 13.4. The molecule has 0 aliphatic heterocycles. The van der Waals surface area contributed by atoms with Crippen molar-refractivity contribution in [1.82, 2.24) is 5.32 Å². The smallest absolute Gasteiger partial charge is 0.311 e. The van der Waals surface area contributed by atoms with Crippen LogP contribution in [0, 0.1) is 5.41 Å². The number of amides is 1. The van der Waals surface area contributed by atoms with Crippen molar-refractivity contribution in [2.75, 3.05) is 13.7 Å². The van der Waals surface area contributed by atoms with Gasteiger partial charge in [-0.15, -0.1) is 0 Å². The lowest BCUT2D eigenvalue weighted by Gasteiger charge is -2.31. The summed E-state index contributed by atoms with van der Waals surface area (Å²) in [5.74, 6) is -3.44. The normalized spacial score (nSPS) is 14.2. The number of ether oxygens (including phenoxy) is 2. The van der Waals surface area contributed by atoms with Crippen LogP contribution in [0.15, 0.2) is 24.3 Å². The highest BCUT2D eigenvalue weighted by Crippen LogP contribution is 2.31. The zero-order valence-electron chi connectivity index (χ0n) is 19.0. The highest BCUT2D eigenvalue weighted by atomic mass is 19.3. The second kappa shape index (κ2) is 10.1. The van der Waals surface area contributed by atoms with Crippen LogP contribution in [-0.4, -0.2) is 31.7 Å². The number of rotatable bonds is 6. The molecule has 0 saturated heterocycles. The van der Waals surface area contributed by atoms with Crippen molar-refractivity contribution in [2.45, 2.75) is 72.5 Å². The summed E-state index contributed by atoms with van der Waals surface area (Å²) in [5, 5.41) is 2.56. The quantitative estimate of drug-likeness (QED) is 0.536. The first kappa shape index (κ1) is 27.0. The van der Waals surface area contributed by atoms with Crippen molar-refractivity contribution in [3.8, 4) is 0 Å². The van der Waals surface area contributed by atoms with Crippen molar-refractivity contribution in [3.05, 3.63) is 35.4 Å². The summed E-state index contributed by atoms with van der Waals surface area (Å²) in [5.41, 5.74) is -1.48. The van der Waals surface area contributed by atoms with Gasteiger partial charge in [0.1, 0.15) is 6.61 Å². The molecule has 0 spiro atoms. The molecule has 0 fully saturated rings. The molecule has 1 unspecified atom stereocenters. The molecule has 0 saturated carbocycles. The molecule has 0 aliphatic rings. The molecule has 1 rings (SSSR count). The molecule has 1 aromatic rings. The lowest BCUT2D eigenvalue weighted by molar-refractivity contribution is -0.155. The van der Waals surface area contributed by atoms with Crippen LogP contribution < -0.4 is 5.32 Å². The van der Waals surface area contributed by atoms with Gasteiger partial charge in [-0.3, -0.25) is 9.59 Å². The summed E-state index contributed by atoms with van der Waals surface area (Å²) >= 11 is 0. The van der Waals surface area contributed by atoms with Gasteiger partial charge in [-0.1, -0.05) is 18.2 Å². The highest BCUT2D eigenvalue weighted by Gasteiger charge is 2.33. The number of hydrogen-bond acceptors (Lipinski definition) is 4. The lowest BCUT2D eigenvalue weighted by atomic mass is 9.90. The van der Waals surface area contributed by atoms with E-state index in [1.165, 1.54) is 18.2 Å². The molecule has 1 aromatic carbocycles. The number of benzene rings is 1. The van der Waals surface area contributed by atoms with Crippen LogP contribution in [0.2, 0.25) is 0 Å². The van der Waals surface area contributed by atoms with Crippen LogP contribution in [0.4, 0.5) is 8.78 Å². The van der Waals surface area contributed by atoms with Gasteiger partial charge in [-0.25, -0.2) is 8.78 Å². The van der Waals surface area contributed by atoms with Gasteiger partial charge in [0.2, 0.25) is 6.41 Å². The average Bonchev–Trinajstić information content (AvgIpc) is 2.58. The molecule has 1 N–H and O–H groups in total. The summed E-state index contributed by atoms with van der Waals surface area (Å²) in [4.78, 5) is 22.8. The van der Waals surface area contributed by atoms with Gasteiger partial charge in [-0.05, 0) is 60.1 Å². The maximum Gasteiger partial charge on any atom is 0.311 e. The topological polar surface area (TPSA) is 64.6 Å². The Labute approximate surface area is 173 Å². The van der Waals surface area contributed by atoms with Crippen molar-refractivity contribution < 1.29 is 27.8 Å². The average molecular weight is 416 g/mol. The van der Waals surface area contributed by atoms with Crippen molar-refractivity contribution in [1.29, 1.82) is 0 Å². The summed E-state index contributed by atoms with van der Waals surface area (Å²) in [7, 11) is 1.71. The van der Waals surface area contributed by atoms with Crippen LogP contribution in [0.25, 0.3) is 0 Å². The number of alkyl halides is 2. The first-order valence-electron chi connectivity index (χ1n) is 9.39. The van der Waals surface area contributed by atoms with E-state index < -0.39 is 22.8 Å². The zero-order valence-corrected chi connectivity index (χ0v) is 19.0. The molecule has 5 nitrogen and oxygen atoms in total. The van der Waals surface area contributed by atoms with E-state index in [4.69, 9.17) is 9.47 Å². The Morgan fingerprint density at radius 1 is 1.03 bits per heavy atom. The molecule has 1 amide bonds. The Kier molecular flexibility index (Phi) is 9.44. The van der Waals surface area contributed by atoms with E-state index in [1.807, 2.05) is 20.8 Å². The molecule has 166 valence electrons. The first-order valence-corrected chi connectivity index (χ1v) is 9.39. The van der Waals surface area contributed by atoms with E-state index in [0.29, 0.717) is 12.0 Å². The van der Waals surface area contributed by atoms with E-state index in [9.17, 15) is 18.4 Å². The van der Waals surface area contributed by atoms with Gasteiger partial charge in [-0.2, -0.15) is 0 Å². The van der Waals surface area contributed by atoms with Gasteiger partial charge in [0.25, 0.3) is 5.92 Å². The minimum absolute atomic E-state index is 0.0417. The van der Waals surface area contributed by atoms with E-state index >= 15 is 0 Å². The number of esters is 1. The molecule has 0 aromatic heterocycles. The van der Waals surface area contributed by atoms with E-state index in [-0.39, 0.29) is 17.8 Å². The number of halogens is 2. The van der Waals surface area contributed by atoms with Gasteiger partial charge in [0, 0.05) is 19.6 Å². The molecule has 0 heterocycles. The monoisotopic (exact) mass is 415 g/mol. The fourth-order valence-corrected chi connectivity index (χ4v) is 1.90. The summed E-state index contributed by atoms with van der Waals surface area (Å²) < 4.78 is 37.2. The predicted octanol–water partition coefficient (Wildman–Crippen LogP) is 4.78. The number of nitrogens with one attached hydrogen (secondary N) is 1. The van der Waals surface area contributed by atoms with Crippen LogP contribution in [0.5, 0.6) is 0 Å². The van der Waals surface area contributed by atoms with Crippen molar-refractivity contribution >= 4 is 12.4 Å². The molecule has 29 heavy (non-hydrogen) atoms. The van der Waals surface area contributed by atoms with Crippen LogP contribution in [0.3, 0.4) is 0 Å². The maximum atomic E-state index is 13.5. The third kappa shape index (κ3) is 9.83. The lowest BCUT2D eigenvalue weighted by Crippen LogP contribution is -2.44. The van der Waals surface area contributed by atoms with Crippen molar-refractivity contribution in [3.63, 3.8) is 0 Å². The Morgan fingerprint density at radius 3 is 1.90 bits per heavy atom. The molecule has 0 radical (unpaired) electrons. The number of carbonyl (C=O) groups excluding carboxylic acids is 2. The standard InChI is InChI=1S/C17H23F2NO3.C5H12O/c1-15(2,3)14(22)23-10-16(4,20-11-21)12-7-6-8-13(9-12)17(5,18)19;1-5(2,3)6-4/h6-9,11H,10H2,1-5H3,(H,20,21);1-4H3. The molecule has 0 aliphatic carbocycles. The third-order valence-electron chi connectivity index (χ3n) is 4.10. The van der Waals surface area contributed by atoms with E-state index in [2.05, 4.69) is 5.32 Å². The second-order valence-corrected chi connectivity index (χ2v) is 9.21. The molecule has 0 bridgehead atoms. The largest absolute Gasteiger partial charge is 0.462 e. The van der Waals surface area contributed by atoms with Crippen LogP contribution in [0.1, 0.15) is 66.5 Å². The Hall–Kier alpha value is -2.02. The SMILES string of the molecule is CC(C)(C)C(=O)OCC(C)(NC=O)c1cccc(C(C)(F)F)c1.COC(C)(C)C. The minimum Gasteiger partial charge on any atom is -0.462 e. The minimum atomic E-state index is -3.00. The summed E-state index contributed by atoms with van der Waals surface area (Å²) in [6.07, 6.45) is 0.460.